The molecule has 0 aliphatic heterocycles. The lowest BCUT2D eigenvalue weighted by molar-refractivity contribution is -0.135. The van der Waals surface area contributed by atoms with Crippen LogP contribution in [0.2, 0.25) is 0 Å². The van der Waals surface area contributed by atoms with Gasteiger partial charge in [-0.3, -0.25) is 9.59 Å². The molecule has 0 aliphatic carbocycles. The van der Waals surface area contributed by atoms with Crippen LogP contribution in [-0.4, -0.2) is 30.8 Å². The van der Waals surface area contributed by atoms with Crippen molar-refractivity contribution in [3.8, 4) is 0 Å². The Morgan fingerprint density at radius 1 is 1.20 bits per heavy atom. The number of rotatable bonds is 6. The SMILES string of the molecule is COC(=O)C=CC(=O)C(Cc1ccccc1)NC(C)=O. The van der Waals surface area contributed by atoms with Crippen molar-refractivity contribution in [1.82, 2.24) is 5.32 Å². The van der Waals surface area contributed by atoms with E-state index in [2.05, 4.69) is 10.1 Å². The van der Waals surface area contributed by atoms with Crippen LogP contribution in [0.4, 0.5) is 0 Å². The van der Waals surface area contributed by atoms with Crippen LogP contribution in [0.5, 0.6) is 0 Å². The van der Waals surface area contributed by atoms with Crippen LogP contribution in [-0.2, 0) is 25.5 Å². The summed E-state index contributed by atoms with van der Waals surface area (Å²) in [6.45, 7) is 1.34. The maximum atomic E-state index is 12.0. The van der Waals surface area contributed by atoms with Crippen molar-refractivity contribution in [3.63, 3.8) is 0 Å². The molecule has 20 heavy (non-hydrogen) atoms. The highest BCUT2D eigenvalue weighted by atomic mass is 16.5. The maximum Gasteiger partial charge on any atom is 0.330 e. The van der Waals surface area contributed by atoms with E-state index in [0.717, 1.165) is 17.7 Å². The molecule has 0 aliphatic rings. The summed E-state index contributed by atoms with van der Waals surface area (Å²) in [4.78, 5) is 34.1. The van der Waals surface area contributed by atoms with Crippen molar-refractivity contribution < 1.29 is 19.1 Å². The fourth-order valence-electron chi connectivity index (χ4n) is 1.65. The summed E-state index contributed by atoms with van der Waals surface area (Å²) in [6.07, 6.45) is 2.53. The topological polar surface area (TPSA) is 72.5 Å². The van der Waals surface area contributed by atoms with Gasteiger partial charge in [-0.15, -0.1) is 0 Å². The molecule has 1 amide bonds. The van der Waals surface area contributed by atoms with E-state index in [1.54, 1.807) is 0 Å². The van der Waals surface area contributed by atoms with Gasteiger partial charge in [0.1, 0.15) is 0 Å². The van der Waals surface area contributed by atoms with Gasteiger partial charge in [-0.1, -0.05) is 30.3 Å². The van der Waals surface area contributed by atoms with E-state index in [1.165, 1.54) is 14.0 Å². The predicted molar refractivity (Wildman–Crippen MR) is 73.9 cm³/mol. The molecule has 0 saturated carbocycles. The Balaban J connectivity index is 2.78. The zero-order valence-corrected chi connectivity index (χ0v) is 11.5. The third-order valence-corrected chi connectivity index (χ3v) is 2.59. The van der Waals surface area contributed by atoms with Crippen molar-refractivity contribution in [2.24, 2.45) is 0 Å². The summed E-state index contributed by atoms with van der Waals surface area (Å²) in [7, 11) is 1.23. The number of ether oxygens (including phenoxy) is 1. The molecule has 1 rings (SSSR count). The van der Waals surface area contributed by atoms with Gasteiger partial charge in [0.25, 0.3) is 0 Å². The van der Waals surface area contributed by atoms with E-state index in [-0.39, 0.29) is 11.7 Å². The van der Waals surface area contributed by atoms with E-state index < -0.39 is 12.0 Å². The molecule has 5 heteroatoms. The molecule has 0 radical (unpaired) electrons. The lowest BCUT2D eigenvalue weighted by Gasteiger charge is -2.15. The molecular formula is C15H17NO4. The van der Waals surface area contributed by atoms with Crippen molar-refractivity contribution >= 4 is 17.7 Å². The first-order valence-electron chi connectivity index (χ1n) is 6.14. The number of nitrogens with one attached hydrogen (secondary N) is 1. The second kappa shape index (κ2) is 7.89. The van der Waals surface area contributed by atoms with Gasteiger partial charge >= 0.3 is 5.97 Å². The zero-order chi connectivity index (χ0) is 15.0. The van der Waals surface area contributed by atoms with Gasteiger partial charge in [-0.05, 0) is 11.6 Å². The van der Waals surface area contributed by atoms with E-state index in [1.807, 2.05) is 30.3 Å². The first-order chi connectivity index (χ1) is 9.52. The van der Waals surface area contributed by atoms with Gasteiger partial charge < -0.3 is 10.1 Å². The Morgan fingerprint density at radius 2 is 1.85 bits per heavy atom. The number of ketones is 1. The highest BCUT2D eigenvalue weighted by Gasteiger charge is 2.17. The van der Waals surface area contributed by atoms with Gasteiger partial charge in [-0.25, -0.2) is 4.79 Å². The Bertz CT molecular complexity index is 508. The summed E-state index contributed by atoms with van der Waals surface area (Å²) in [5, 5.41) is 2.58. The number of esters is 1. The van der Waals surface area contributed by atoms with Crippen LogP contribution in [0, 0.1) is 0 Å². The lowest BCUT2D eigenvalue weighted by Crippen LogP contribution is -2.40. The molecule has 1 unspecified atom stereocenters. The van der Waals surface area contributed by atoms with Gasteiger partial charge in [0.2, 0.25) is 5.91 Å². The van der Waals surface area contributed by atoms with Crippen LogP contribution in [0.15, 0.2) is 42.5 Å². The third-order valence-electron chi connectivity index (χ3n) is 2.59. The monoisotopic (exact) mass is 275 g/mol. The number of benzene rings is 1. The summed E-state index contributed by atoms with van der Waals surface area (Å²) in [5.74, 6) is -1.26. The number of methoxy groups -OCH3 is 1. The number of carbonyl (C=O) groups is 3. The highest BCUT2D eigenvalue weighted by Crippen LogP contribution is 2.05. The quantitative estimate of drug-likeness (QED) is 0.621. The number of hydrogen-bond acceptors (Lipinski definition) is 4. The molecule has 1 aromatic rings. The van der Waals surface area contributed by atoms with Gasteiger partial charge in [0.05, 0.1) is 13.2 Å². The van der Waals surface area contributed by atoms with E-state index in [9.17, 15) is 14.4 Å². The maximum absolute atomic E-state index is 12.0. The molecule has 106 valence electrons. The van der Waals surface area contributed by atoms with Gasteiger partial charge in [-0.2, -0.15) is 0 Å². The third kappa shape index (κ3) is 5.48. The largest absolute Gasteiger partial charge is 0.466 e. The van der Waals surface area contributed by atoms with Crippen LogP contribution in [0.25, 0.3) is 0 Å². The van der Waals surface area contributed by atoms with Crippen LogP contribution in [0.1, 0.15) is 12.5 Å². The molecule has 1 N–H and O–H groups in total. The molecule has 0 fully saturated rings. The fourth-order valence-corrected chi connectivity index (χ4v) is 1.65. The Kier molecular flexibility index (Phi) is 6.16. The minimum absolute atomic E-state index is 0.300. The first kappa shape index (κ1) is 15.6. The standard InChI is InChI=1S/C15H17NO4/c1-11(17)16-13(10-12-6-4-3-5-7-12)14(18)8-9-15(19)20-2/h3-9,13H,10H2,1-2H3,(H,16,17). The number of hydrogen-bond donors (Lipinski definition) is 1. The second-order valence-corrected chi connectivity index (χ2v) is 4.20. The van der Waals surface area contributed by atoms with E-state index in [4.69, 9.17) is 0 Å². The molecular weight excluding hydrogens is 258 g/mol. The lowest BCUT2D eigenvalue weighted by atomic mass is 10.0. The number of amides is 1. The van der Waals surface area contributed by atoms with Crippen molar-refractivity contribution in [1.29, 1.82) is 0 Å². The smallest absolute Gasteiger partial charge is 0.330 e. The first-order valence-corrected chi connectivity index (χ1v) is 6.14. The minimum Gasteiger partial charge on any atom is -0.466 e. The van der Waals surface area contributed by atoms with Crippen LogP contribution >= 0.6 is 0 Å². The van der Waals surface area contributed by atoms with E-state index >= 15 is 0 Å². The second-order valence-electron chi connectivity index (χ2n) is 4.20. The molecule has 1 aromatic carbocycles. The Morgan fingerprint density at radius 3 is 2.40 bits per heavy atom. The highest BCUT2D eigenvalue weighted by molar-refractivity contribution is 6.00. The fraction of sp³-hybridized carbons (Fsp3) is 0.267. The molecule has 0 heterocycles. The molecule has 1 atom stereocenters. The summed E-state index contributed by atoms with van der Waals surface area (Å²) in [5.41, 5.74) is 0.922. The Labute approximate surface area is 117 Å². The van der Waals surface area contributed by atoms with Gasteiger partial charge in [0.15, 0.2) is 5.78 Å². The summed E-state index contributed by atoms with van der Waals surface area (Å²) in [6, 6.07) is 8.62. The van der Waals surface area contributed by atoms with Gasteiger partial charge in [0, 0.05) is 19.4 Å². The normalized spacial score (nSPS) is 11.9. The Hall–Kier alpha value is -2.43. The summed E-state index contributed by atoms with van der Waals surface area (Å²) >= 11 is 0. The predicted octanol–water partition coefficient (Wildman–Crippen LogP) is 1.03. The van der Waals surface area contributed by atoms with Crippen LogP contribution < -0.4 is 5.32 Å². The minimum atomic E-state index is -0.698. The average molecular weight is 275 g/mol. The molecule has 0 bridgehead atoms. The molecule has 0 saturated heterocycles. The van der Waals surface area contributed by atoms with Crippen molar-refractivity contribution in [2.45, 2.75) is 19.4 Å². The molecule has 5 nitrogen and oxygen atoms in total. The van der Waals surface area contributed by atoms with E-state index in [0.29, 0.717) is 6.42 Å². The molecule has 0 spiro atoms. The average Bonchev–Trinajstić information content (AvgIpc) is 2.44. The number of carbonyl (C=O) groups excluding carboxylic acids is 3. The van der Waals surface area contributed by atoms with Crippen molar-refractivity contribution in [2.75, 3.05) is 7.11 Å². The van der Waals surface area contributed by atoms with Crippen LogP contribution in [0.3, 0.4) is 0 Å². The molecule has 0 aromatic heterocycles. The zero-order valence-electron chi connectivity index (χ0n) is 11.5. The summed E-state index contributed by atoms with van der Waals surface area (Å²) < 4.78 is 4.41. The van der Waals surface area contributed by atoms with Crippen molar-refractivity contribution in [3.05, 3.63) is 48.0 Å².